The lowest BCUT2D eigenvalue weighted by Crippen LogP contribution is -2.48. The number of sulfonamides is 1. The third-order valence-electron chi connectivity index (χ3n) is 5.47. The smallest absolute Gasteiger partial charge is 0.243 e. The fraction of sp³-hybridized carbons (Fsp3) is 0.273. The summed E-state index contributed by atoms with van der Waals surface area (Å²) < 4.78 is 40.7. The highest BCUT2D eigenvalue weighted by Crippen LogP contribution is 2.24. The summed E-state index contributed by atoms with van der Waals surface area (Å²) >= 11 is 0. The maximum Gasteiger partial charge on any atom is 0.243 e. The van der Waals surface area contributed by atoms with E-state index >= 15 is 0 Å². The van der Waals surface area contributed by atoms with Crippen molar-refractivity contribution in [2.24, 2.45) is 0 Å². The number of rotatable bonds is 4. The normalized spacial score (nSPS) is 15.4. The highest BCUT2D eigenvalue weighted by Gasteiger charge is 2.29. The van der Waals surface area contributed by atoms with E-state index in [1.165, 1.54) is 22.8 Å². The summed E-state index contributed by atoms with van der Waals surface area (Å²) in [7, 11) is -3.52. The average molecular weight is 427 g/mol. The highest BCUT2D eigenvalue weighted by atomic mass is 32.2. The molecule has 6 nitrogen and oxygen atoms in total. The van der Waals surface area contributed by atoms with Gasteiger partial charge in [0.15, 0.2) is 0 Å². The van der Waals surface area contributed by atoms with Crippen LogP contribution in [0.5, 0.6) is 0 Å². The van der Waals surface area contributed by atoms with E-state index in [0.29, 0.717) is 36.8 Å². The Bertz CT molecular complexity index is 1160. The summed E-state index contributed by atoms with van der Waals surface area (Å²) in [6.07, 6.45) is 1.48. The number of anilines is 1. The summed E-state index contributed by atoms with van der Waals surface area (Å²) in [5, 5.41) is 0. The van der Waals surface area contributed by atoms with E-state index in [-0.39, 0.29) is 5.82 Å². The number of benzene rings is 2. The first-order valence-electron chi connectivity index (χ1n) is 9.75. The van der Waals surface area contributed by atoms with Crippen LogP contribution in [-0.4, -0.2) is 48.9 Å². The second kappa shape index (κ2) is 8.12. The van der Waals surface area contributed by atoms with Crippen molar-refractivity contribution in [3.05, 3.63) is 71.8 Å². The van der Waals surface area contributed by atoms with Crippen LogP contribution in [0.25, 0.3) is 11.3 Å². The number of piperazine rings is 1. The first-order chi connectivity index (χ1) is 14.3. The molecule has 0 saturated carbocycles. The van der Waals surface area contributed by atoms with Crippen molar-refractivity contribution in [2.75, 3.05) is 31.1 Å². The van der Waals surface area contributed by atoms with E-state index < -0.39 is 10.0 Å². The third kappa shape index (κ3) is 4.06. The molecule has 4 rings (SSSR count). The average Bonchev–Trinajstić information content (AvgIpc) is 2.76. The Morgan fingerprint density at radius 3 is 2.23 bits per heavy atom. The first-order valence-corrected chi connectivity index (χ1v) is 11.2. The van der Waals surface area contributed by atoms with E-state index in [4.69, 9.17) is 0 Å². The van der Waals surface area contributed by atoms with Crippen LogP contribution in [-0.2, 0) is 10.0 Å². The van der Waals surface area contributed by atoms with Crippen molar-refractivity contribution in [3.8, 4) is 11.3 Å². The van der Waals surface area contributed by atoms with E-state index in [9.17, 15) is 12.8 Å². The molecule has 30 heavy (non-hydrogen) atoms. The minimum atomic E-state index is -3.52. The zero-order valence-corrected chi connectivity index (χ0v) is 17.7. The van der Waals surface area contributed by atoms with Gasteiger partial charge in [0.25, 0.3) is 0 Å². The van der Waals surface area contributed by atoms with Gasteiger partial charge in [0, 0.05) is 37.8 Å². The van der Waals surface area contributed by atoms with Gasteiger partial charge in [0.1, 0.15) is 18.0 Å². The van der Waals surface area contributed by atoms with Crippen LogP contribution < -0.4 is 4.90 Å². The van der Waals surface area contributed by atoms with Gasteiger partial charge in [0.05, 0.1) is 10.6 Å². The molecule has 1 fully saturated rings. The van der Waals surface area contributed by atoms with E-state index in [0.717, 1.165) is 22.5 Å². The molecule has 8 heteroatoms. The van der Waals surface area contributed by atoms with Gasteiger partial charge in [-0.1, -0.05) is 6.07 Å². The molecule has 0 radical (unpaired) electrons. The Kier molecular flexibility index (Phi) is 5.53. The summed E-state index contributed by atoms with van der Waals surface area (Å²) in [5.74, 6) is 0.432. The zero-order chi connectivity index (χ0) is 21.3. The van der Waals surface area contributed by atoms with Crippen LogP contribution in [0, 0.1) is 19.7 Å². The van der Waals surface area contributed by atoms with Gasteiger partial charge in [-0.2, -0.15) is 4.31 Å². The van der Waals surface area contributed by atoms with Crippen LogP contribution in [0.4, 0.5) is 10.2 Å². The predicted octanol–water partition coefficient (Wildman–Crippen LogP) is 3.41. The van der Waals surface area contributed by atoms with E-state index in [1.807, 2.05) is 30.9 Å². The second-order valence-electron chi connectivity index (χ2n) is 7.41. The van der Waals surface area contributed by atoms with E-state index in [2.05, 4.69) is 9.97 Å². The van der Waals surface area contributed by atoms with E-state index in [1.54, 1.807) is 24.3 Å². The molecule has 0 N–H and O–H groups in total. The lowest BCUT2D eigenvalue weighted by Gasteiger charge is -2.34. The van der Waals surface area contributed by atoms with Crippen molar-refractivity contribution in [1.82, 2.24) is 14.3 Å². The molecule has 0 spiro atoms. The number of aromatic nitrogens is 2. The molecule has 156 valence electrons. The number of aryl methyl sites for hydroxylation is 2. The van der Waals surface area contributed by atoms with Gasteiger partial charge < -0.3 is 4.90 Å². The molecule has 0 amide bonds. The summed E-state index contributed by atoms with van der Waals surface area (Å²) in [5.41, 5.74) is 3.53. The highest BCUT2D eigenvalue weighted by molar-refractivity contribution is 7.89. The Labute approximate surface area is 176 Å². The molecule has 2 aromatic carbocycles. The molecule has 1 aliphatic rings. The Hall–Kier alpha value is -2.84. The Morgan fingerprint density at radius 1 is 0.867 bits per heavy atom. The third-order valence-corrected chi connectivity index (χ3v) is 7.37. The minimum Gasteiger partial charge on any atom is -0.354 e. The maximum atomic E-state index is 13.2. The molecule has 0 unspecified atom stereocenters. The van der Waals surface area contributed by atoms with Crippen LogP contribution in [0.15, 0.2) is 59.8 Å². The van der Waals surface area contributed by atoms with Gasteiger partial charge >= 0.3 is 0 Å². The predicted molar refractivity (Wildman–Crippen MR) is 114 cm³/mol. The van der Waals surface area contributed by atoms with Crippen molar-refractivity contribution in [1.29, 1.82) is 0 Å². The summed E-state index contributed by atoms with van der Waals surface area (Å²) in [6.45, 7) is 5.71. The molecular weight excluding hydrogens is 403 g/mol. The van der Waals surface area contributed by atoms with Crippen LogP contribution in [0.2, 0.25) is 0 Å². The Morgan fingerprint density at radius 2 is 1.57 bits per heavy atom. The van der Waals surface area contributed by atoms with Gasteiger partial charge in [-0.3, -0.25) is 0 Å². The number of hydrogen-bond donors (Lipinski definition) is 0. The summed E-state index contributed by atoms with van der Waals surface area (Å²) in [4.78, 5) is 11.0. The summed E-state index contributed by atoms with van der Waals surface area (Å²) in [6, 6.07) is 13.2. The molecule has 1 saturated heterocycles. The van der Waals surface area contributed by atoms with Crippen molar-refractivity contribution in [3.63, 3.8) is 0 Å². The standard InChI is InChI=1S/C22H23FN4O2S/c1-16-3-8-20(13-17(16)2)30(28,29)27-11-9-26(10-12-27)22-14-21(24-15-25-22)18-4-6-19(23)7-5-18/h3-8,13-15H,9-12H2,1-2H3. The van der Waals surface area contributed by atoms with Gasteiger partial charge in [-0.15, -0.1) is 0 Å². The molecule has 1 aromatic heterocycles. The second-order valence-corrected chi connectivity index (χ2v) is 9.34. The van der Waals surface area contributed by atoms with Crippen LogP contribution >= 0.6 is 0 Å². The minimum absolute atomic E-state index is 0.297. The molecule has 1 aliphatic heterocycles. The number of halogens is 1. The largest absolute Gasteiger partial charge is 0.354 e. The fourth-order valence-corrected chi connectivity index (χ4v) is 4.99. The zero-order valence-electron chi connectivity index (χ0n) is 16.9. The van der Waals surface area contributed by atoms with Gasteiger partial charge in [0.2, 0.25) is 10.0 Å². The lowest BCUT2D eigenvalue weighted by molar-refractivity contribution is 0.383. The van der Waals surface area contributed by atoms with Gasteiger partial charge in [-0.05, 0) is 61.4 Å². The van der Waals surface area contributed by atoms with Crippen LogP contribution in [0.1, 0.15) is 11.1 Å². The topological polar surface area (TPSA) is 66.4 Å². The quantitative estimate of drug-likeness (QED) is 0.640. The number of nitrogens with zero attached hydrogens (tertiary/aromatic N) is 4. The van der Waals surface area contributed by atoms with Crippen molar-refractivity contribution < 1.29 is 12.8 Å². The Balaban J connectivity index is 1.49. The van der Waals surface area contributed by atoms with Crippen molar-refractivity contribution in [2.45, 2.75) is 18.7 Å². The first kappa shape index (κ1) is 20.4. The molecule has 3 aromatic rings. The maximum absolute atomic E-state index is 13.2. The molecule has 0 atom stereocenters. The SMILES string of the molecule is Cc1ccc(S(=O)(=O)N2CCN(c3cc(-c4ccc(F)cc4)ncn3)CC2)cc1C. The number of hydrogen-bond acceptors (Lipinski definition) is 5. The molecule has 2 heterocycles. The monoisotopic (exact) mass is 426 g/mol. The molecule has 0 bridgehead atoms. The van der Waals surface area contributed by atoms with Gasteiger partial charge in [-0.25, -0.2) is 22.8 Å². The lowest BCUT2D eigenvalue weighted by atomic mass is 10.1. The molecular formula is C22H23FN4O2S. The fourth-order valence-electron chi connectivity index (χ4n) is 3.48. The van der Waals surface area contributed by atoms with Crippen molar-refractivity contribution >= 4 is 15.8 Å². The molecule has 0 aliphatic carbocycles. The van der Waals surface area contributed by atoms with Crippen LogP contribution in [0.3, 0.4) is 0 Å².